The van der Waals surface area contributed by atoms with E-state index in [1.165, 1.54) is 12.8 Å². The molecule has 1 atom stereocenters. The largest absolute Gasteiger partial charge is 0.382 e. The highest BCUT2D eigenvalue weighted by atomic mass is 14.9. The van der Waals surface area contributed by atoms with Gasteiger partial charge in [0.25, 0.3) is 0 Å². The first-order chi connectivity index (χ1) is 6.86. The number of nitrogen functional groups attached to an aromatic ring is 1. The predicted molar refractivity (Wildman–Crippen MR) is 55.7 cm³/mol. The molecule has 0 bridgehead atoms. The van der Waals surface area contributed by atoms with E-state index in [4.69, 9.17) is 5.73 Å². The Kier molecular flexibility index (Phi) is 2.93. The van der Waals surface area contributed by atoms with Crippen LogP contribution in [0.15, 0.2) is 12.4 Å². The molecule has 2 heterocycles. The van der Waals surface area contributed by atoms with Crippen LogP contribution in [0.3, 0.4) is 0 Å². The summed E-state index contributed by atoms with van der Waals surface area (Å²) in [7, 11) is 0. The van der Waals surface area contributed by atoms with Crippen molar-refractivity contribution >= 4 is 5.82 Å². The fourth-order valence-corrected chi connectivity index (χ4v) is 1.91. The quantitative estimate of drug-likeness (QED) is 0.720. The van der Waals surface area contributed by atoms with E-state index in [1.807, 2.05) is 0 Å². The second-order valence-electron chi connectivity index (χ2n) is 3.80. The molecule has 4 nitrogen and oxygen atoms in total. The minimum absolute atomic E-state index is 0.582. The number of nitrogens with one attached hydrogen (secondary N) is 1. The molecule has 4 heteroatoms. The standard InChI is InChI=1S/C10H16N4/c11-10-9(13-4-5-14-10)6-8-2-1-3-12-7-8/h4-5,8,12H,1-3,6-7H2,(H2,11,14). The zero-order valence-corrected chi connectivity index (χ0v) is 8.24. The Morgan fingerprint density at radius 1 is 1.43 bits per heavy atom. The molecule has 1 aromatic rings. The van der Waals surface area contributed by atoms with E-state index in [1.54, 1.807) is 12.4 Å². The third-order valence-electron chi connectivity index (χ3n) is 2.69. The van der Waals surface area contributed by atoms with Gasteiger partial charge in [-0.05, 0) is 38.3 Å². The Balaban J connectivity index is 1.99. The van der Waals surface area contributed by atoms with Crippen molar-refractivity contribution in [1.82, 2.24) is 15.3 Å². The van der Waals surface area contributed by atoms with Gasteiger partial charge in [0, 0.05) is 12.4 Å². The molecule has 1 aliphatic heterocycles. The monoisotopic (exact) mass is 192 g/mol. The molecular weight excluding hydrogens is 176 g/mol. The Morgan fingerprint density at radius 2 is 2.29 bits per heavy atom. The normalized spacial score (nSPS) is 22.1. The minimum atomic E-state index is 0.582. The van der Waals surface area contributed by atoms with Crippen molar-refractivity contribution in [2.24, 2.45) is 5.92 Å². The SMILES string of the molecule is Nc1nccnc1CC1CCCNC1. The number of hydrogen-bond acceptors (Lipinski definition) is 4. The third-order valence-corrected chi connectivity index (χ3v) is 2.69. The van der Waals surface area contributed by atoms with Gasteiger partial charge < -0.3 is 11.1 Å². The number of aromatic nitrogens is 2. The first-order valence-electron chi connectivity index (χ1n) is 5.12. The van der Waals surface area contributed by atoms with Crippen LogP contribution in [0.5, 0.6) is 0 Å². The van der Waals surface area contributed by atoms with Crippen molar-refractivity contribution < 1.29 is 0 Å². The van der Waals surface area contributed by atoms with Gasteiger partial charge in [0.15, 0.2) is 0 Å². The van der Waals surface area contributed by atoms with E-state index in [-0.39, 0.29) is 0 Å². The van der Waals surface area contributed by atoms with Gasteiger partial charge in [0.05, 0.1) is 5.69 Å². The van der Waals surface area contributed by atoms with Gasteiger partial charge >= 0.3 is 0 Å². The van der Waals surface area contributed by atoms with Crippen LogP contribution < -0.4 is 11.1 Å². The van der Waals surface area contributed by atoms with Crippen molar-refractivity contribution in [3.8, 4) is 0 Å². The van der Waals surface area contributed by atoms with Crippen LogP contribution in [0.1, 0.15) is 18.5 Å². The van der Waals surface area contributed by atoms with Gasteiger partial charge in [0.1, 0.15) is 5.82 Å². The Bertz CT molecular complexity index is 294. The van der Waals surface area contributed by atoms with Crippen molar-refractivity contribution in [1.29, 1.82) is 0 Å². The number of nitrogens with two attached hydrogens (primary N) is 1. The summed E-state index contributed by atoms with van der Waals surface area (Å²) in [6.45, 7) is 2.22. The average molecular weight is 192 g/mol. The number of hydrogen-bond donors (Lipinski definition) is 2. The zero-order chi connectivity index (χ0) is 9.80. The molecule has 1 aromatic heterocycles. The van der Waals surface area contributed by atoms with Gasteiger partial charge in [0.2, 0.25) is 0 Å². The molecule has 76 valence electrons. The second-order valence-corrected chi connectivity index (χ2v) is 3.80. The molecule has 1 saturated heterocycles. The Morgan fingerprint density at radius 3 is 3.00 bits per heavy atom. The molecule has 0 aliphatic carbocycles. The Hall–Kier alpha value is -1.16. The molecule has 1 fully saturated rings. The molecule has 0 saturated carbocycles. The van der Waals surface area contributed by atoms with Gasteiger partial charge in [-0.1, -0.05) is 0 Å². The van der Waals surface area contributed by atoms with E-state index < -0.39 is 0 Å². The fourth-order valence-electron chi connectivity index (χ4n) is 1.91. The first kappa shape index (κ1) is 9.40. The van der Waals surface area contributed by atoms with Crippen LogP contribution in [0.4, 0.5) is 5.82 Å². The summed E-state index contributed by atoms with van der Waals surface area (Å²) in [5.41, 5.74) is 6.69. The smallest absolute Gasteiger partial charge is 0.145 e. The van der Waals surface area contributed by atoms with Crippen LogP contribution in [0.2, 0.25) is 0 Å². The van der Waals surface area contributed by atoms with Gasteiger partial charge in [-0.3, -0.25) is 4.98 Å². The lowest BCUT2D eigenvalue weighted by atomic mass is 9.94. The van der Waals surface area contributed by atoms with Crippen LogP contribution in [-0.4, -0.2) is 23.1 Å². The lowest BCUT2D eigenvalue weighted by Gasteiger charge is -2.22. The molecule has 1 unspecified atom stereocenters. The zero-order valence-electron chi connectivity index (χ0n) is 8.24. The number of piperidine rings is 1. The molecule has 14 heavy (non-hydrogen) atoms. The van der Waals surface area contributed by atoms with E-state index in [2.05, 4.69) is 15.3 Å². The highest BCUT2D eigenvalue weighted by Gasteiger charge is 2.15. The fraction of sp³-hybridized carbons (Fsp3) is 0.600. The summed E-state index contributed by atoms with van der Waals surface area (Å²) < 4.78 is 0. The van der Waals surface area contributed by atoms with E-state index in [0.29, 0.717) is 11.7 Å². The first-order valence-corrected chi connectivity index (χ1v) is 5.12. The number of nitrogens with zero attached hydrogens (tertiary/aromatic N) is 2. The number of anilines is 1. The lowest BCUT2D eigenvalue weighted by molar-refractivity contribution is 0.373. The summed E-state index contributed by atoms with van der Waals surface area (Å²) in [6, 6.07) is 0. The molecule has 1 aliphatic rings. The summed E-state index contributed by atoms with van der Waals surface area (Å²) in [5, 5.41) is 3.39. The molecule has 0 amide bonds. The lowest BCUT2D eigenvalue weighted by Crippen LogP contribution is -2.31. The van der Waals surface area contributed by atoms with Gasteiger partial charge in [-0.25, -0.2) is 4.98 Å². The van der Waals surface area contributed by atoms with Gasteiger partial charge in [-0.15, -0.1) is 0 Å². The minimum Gasteiger partial charge on any atom is -0.382 e. The molecule has 0 spiro atoms. The topological polar surface area (TPSA) is 63.8 Å². The van der Waals surface area contributed by atoms with E-state index in [9.17, 15) is 0 Å². The maximum absolute atomic E-state index is 5.74. The molecule has 0 aromatic carbocycles. The highest BCUT2D eigenvalue weighted by Crippen LogP contribution is 2.17. The summed E-state index contributed by atoms with van der Waals surface area (Å²) in [5.74, 6) is 1.25. The average Bonchev–Trinajstić information content (AvgIpc) is 2.23. The second kappa shape index (κ2) is 4.37. The maximum Gasteiger partial charge on any atom is 0.145 e. The molecular formula is C10H16N4. The van der Waals surface area contributed by atoms with E-state index >= 15 is 0 Å². The third kappa shape index (κ3) is 2.20. The van der Waals surface area contributed by atoms with Crippen LogP contribution in [-0.2, 0) is 6.42 Å². The number of rotatable bonds is 2. The van der Waals surface area contributed by atoms with Crippen molar-refractivity contribution in [3.05, 3.63) is 18.1 Å². The highest BCUT2D eigenvalue weighted by molar-refractivity contribution is 5.33. The Labute approximate surface area is 83.9 Å². The van der Waals surface area contributed by atoms with Crippen molar-refractivity contribution in [2.75, 3.05) is 18.8 Å². The van der Waals surface area contributed by atoms with Crippen molar-refractivity contribution in [2.45, 2.75) is 19.3 Å². The molecule has 2 rings (SSSR count). The molecule has 3 N–H and O–H groups in total. The van der Waals surface area contributed by atoms with Crippen molar-refractivity contribution in [3.63, 3.8) is 0 Å². The summed E-state index contributed by atoms with van der Waals surface area (Å²) in [6.07, 6.45) is 6.82. The van der Waals surface area contributed by atoms with Crippen LogP contribution in [0.25, 0.3) is 0 Å². The van der Waals surface area contributed by atoms with Gasteiger partial charge in [-0.2, -0.15) is 0 Å². The molecule has 0 radical (unpaired) electrons. The van der Waals surface area contributed by atoms with Crippen LogP contribution >= 0.6 is 0 Å². The van der Waals surface area contributed by atoms with E-state index in [0.717, 1.165) is 25.2 Å². The summed E-state index contributed by atoms with van der Waals surface area (Å²) >= 11 is 0. The predicted octanol–water partition coefficient (Wildman–Crippen LogP) is 0.601. The summed E-state index contributed by atoms with van der Waals surface area (Å²) in [4.78, 5) is 8.30. The maximum atomic E-state index is 5.74. The van der Waals surface area contributed by atoms with Crippen LogP contribution in [0, 0.1) is 5.92 Å².